The number of amides is 2. The van der Waals surface area contributed by atoms with Crippen LogP contribution in [0.4, 0.5) is 11.4 Å². The van der Waals surface area contributed by atoms with Crippen molar-refractivity contribution in [2.24, 2.45) is 4.99 Å². The Morgan fingerprint density at radius 2 is 2.00 bits per heavy atom. The van der Waals surface area contributed by atoms with Crippen LogP contribution in [0.1, 0.15) is 23.7 Å². The lowest BCUT2D eigenvalue weighted by Gasteiger charge is -2.30. The van der Waals surface area contributed by atoms with Crippen molar-refractivity contribution < 1.29 is 19.5 Å². The van der Waals surface area contributed by atoms with E-state index < -0.39 is 11.2 Å². The highest BCUT2D eigenvalue weighted by Crippen LogP contribution is 2.30. The van der Waals surface area contributed by atoms with Gasteiger partial charge in [0.05, 0.1) is 11.3 Å². The van der Waals surface area contributed by atoms with E-state index in [1.54, 1.807) is 24.3 Å². The van der Waals surface area contributed by atoms with Crippen molar-refractivity contribution in [1.82, 2.24) is 4.90 Å². The third-order valence-electron chi connectivity index (χ3n) is 4.18. The van der Waals surface area contributed by atoms with Gasteiger partial charge >= 0.3 is 5.97 Å². The Balaban J connectivity index is 1.78. The van der Waals surface area contributed by atoms with Crippen LogP contribution in [-0.2, 0) is 9.59 Å². The zero-order valence-corrected chi connectivity index (χ0v) is 17.0. The van der Waals surface area contributed by atoms with Crippen LogP contribution in [0.5, 0.6) is 0 Å². The largest absolute Gasteiger partial charge is 0.478 e. The molecular formula is C20H18ClN3O4S. The Morgan fingerprint density at radius 3 is 2.62 bits per heavy atom. The third-order valence-corrected chi connectivity index (χ3v) is 5.60. The molecule has 0 saturated carbocycles. The summed E-state index contributed by atoms with van der Waals surface area (Å²) >= 11 is 7.21. The number of carboxylic acid groups (broad SMARTS) is 1. The van der Waals surface area contributed by atoms with E-state index in [4.69, 9.17) is 16.7 Å². The molecule has 3 rings (SSSR count). The molecule has 0 aromatic heterocycles. The topological polar surface area (TPSA) is 99.1 Å². The fourth-order valence-corrected chi connectivity index (χ4v) is 4.07. The van der Waals surface area contributed by atoms with Crippen molar-refractivity contribution in [3.63, 3.8) is 0 Å². The second-order valence-corrected chi connectivity index (χ2v) is 7.80. The van der Waals surface area contributed by atoms with E-state index in [1.165, 1.54) is 40.9 Å². The standard InChI is InChI=1S/C20H18ClN3O4S/c1-2-24-17(25)11-16(29-20(24)23-15-5-3-4-13(21)10-15)18(26)22-14-8-6-12(7-9-14)19(27)28/h3-10,16H,2,11H2,1H3,(H,22,26)(H,27,28)/t16-/m0/s1. The molecule has 2 amide bonds. The van der Waals surface area contributed by atoms with Crippen molar-refractivity contribution in [2.45, 2.75) is 18.6 Å². The van der Waals surface area contributed by atoms with Gasteiger partial charge in [0.1, 0.15) is 5.25 Å². The molecule has 1 heterocycles. The van der Waals surface area contributed by atoms with Gasteiger partial charge in [-0.1, -0.05) is 29.4 Å². The number of aliphatic imine (C=N–C) groups is 1. The summed E-state index contributed by atoms with van der Waals surface area (Å²) < 4.78 is 0. The molecule has 1 atom stereocenters. The van der Waals surface area contributed by atoms with E-state index in [2.05, 4.69) is 10.3 Å². The Kier molecular flexibility index (Phi) is 6.56. The fourth-order valence-electron chi connectivity index (χ4n) is 2.73. The Morgan fingerprint density at radius 1 is 1.28 bits per heavy atom. The fraction of sp³-hybridized carbons (Fsp3) is 0.200. The minimum absolute atomic E-state index is 0.0477. The summed E-state index contributed by atoms with van der Waals surface area (Å²) in [4.78, 5) is 42.2. The second-order valence-electron chi connectivity index (χ2n) is 6.19. The van der Waals surface area contributed by atoms with E-state index in [1.807, 2.05) is 6.92 Å². The summed E-state index contributed by atoms with van der Waals surface area (Å²) in [5.41, 5.74) is 1.18. The van der Waals surface area contributed by atoms with Crippen LogP contribution in [0.25, 0.3) is 0 Å². The molecule has 0 spiro atoms. The summed E-state index contributed by atoms with van der Waals surface area (Å²) in [5, 5.41) is 12.0. The molecule has 1 saturated heterocycles. The van der Waals surface area contributed by atoms with E-state index in [9.17, 15) is 14.4 Å². The number of nitrogens with zero attached hydrogens (tertiary/aromatic N) is 2. The van der Waals surface area contributed by atoms with Crippen LogP contribution in [0.15, 0.2) is 53.5 Å². The van der Waals surface area contributed by atoms with E-state index in [0.29, 0.717) is 28.1 Å². The molecule has 7 nitrogen and oxygen atoms in total. The Hall–Kier alpha value is -2.84. The number of carbonyl (C=O) groups is 3. The molecule has 0 radical (unpaired) electrons. The van der Waals surface area contributed by atoms with E-state index in [0.717, 1.165) is 0 Å². The first-order chi connectivity index (χ1) is 13.9. The van der Waals surface area contributed by atoms with Gasteiger partial charge in [0.2, 0.25) is 11.8 Å². The maximum Gasteiger partial charge on any atom is 0.335 e. The molecule has 0 bridgehead atoms. The number of benzene rings is 2. The van der Waals surface area contributed by atoms with Gasteiger partial charge in [-0.15, -0.1) is 0 Å². The predicted molar refractivity (Wildman–Crippen MR) is 114 cm³/mol. The van der Waals surface area contributed by atoms with Gasteiger partial charge in [-0.05, 0) is 49.4 Å². The van der Waals surface area contributed by atoms with Crippen LogP contribution in [0.3, 0.4) is 0 Å². The number of thioether (sulfide) groups is 1. The third kappa shape index (κ3) is 5.16. The number of amidine groups is 1. The monoisotopic (exact) mass is 431 g/mol. The minimum atomic E-state index is -1.04. The lowest BCUT2D eigenvalue weighted by molar-refractivity contribution is -0.129. The number of anilines is 1. The predicted octanol–water partition coefficient (Wildman–Crippen LogP) is 4.02. The number of hydrogen-bond acceptors (Lipinski definition) is 5. The highest BCUT2D eigenvalue weighted by Gasteiger charge is 2.35. The summed E-state index contributed by atoms with van der Waals surface area (Å²) in [7, 11) is 0. The number of carboxylic acids is 1. The highest BCUT2D eigenvalue weighted by molar-refractivity contribution is 8.15. The lowest BCUT2D eigenvalue weighted by Crippen LogP contribution is -2.45. The number of nitrogens with one attached hydrogen (secondary N) is 1. The van der Waals surface area contributed by atoms with Gasteiger partial charge in [0.15, 0.2) is 5.17 Å². The van der Waals surface area contributed by atoms with Crippen molar-refractivity contribution in [3.8, 4) is 0 Å². The summed E-state index contributed by atoms with van der Waals surface area (Å²) in [6.07, 6.45) is 0.0477. The molecule has 1 aliphatic heterocycles. The first-order valence-corrected chi connectivity index (χ1v) is 10.1. The molecule has 150 valence electrons. The molecular weight excluding hydrogens is 414 g/mol. The Labute approximate surface area is 176 Å². The number of carbonyl (C=O) groups excluding carboxylic acids is 2. The number of aromatic carboxylic acids is 1. The molecule has 0 aliphatic carbocycles. The van der Waals surface area contributed by atoms with Crippen molar-refractivity contribution in [1.29, 1.82) is 0 Å². The molecule has 2 aromatic carbocycles. The van der Waals surface area contributed by atoms with E-state index in [-0.39, 0.29) is 23.8 Å². The van der Waals surface area contributed by atoms with Crippen molar-refractivity contribution in [2.75, 3.05) is 11.9 Å². The maximum atomic E-state index is 12.7. The summed E-state index contributed by atoms with van der Waals surface area (Å²) in [6, 6.07) is 12.8. The lowest BCUT2D eigenvalue weighted by atomic mass is 10.2. The summed E-state index contributed by atoms with van der Waals surface area (Å²) in [6.45, 7) is 2.28. The minimum Gasteiger partial charge on any atom is -0.478 e. The molecule has 0 unspecified atom stereocenters. The molecule has 9 heteroatoms. The van der Waals surface area contributed by atoms with Crippen LogP contribution in [0.2, 0.25) is 5.02 Å². The van der Waals surface area contributed by atoms with Gasteiger partial charge in [-0.2, -0.15) is 0 Å². The smallest absolute Gasteiger partial charge is 0.335 e. The zero-order chi connectivity index (χ0) is 21.0. The van der Waals surface area contributed by atoms with Gasteiger partial charge in [-0.25, -0.2) is 9.79 Å². The van der Waals surface area contributed by atoms with Crippen LogP contribution >= 0.6 is 23.4 Å². The molecule has 1 aliphatic rings. The highest BCUT2D eigenvalue weighted by atomic mass is 35.5. The van der Waals surface area contributed by atoms with Gasteiger partial charge in [0, 0.05) is 23.7 Å². The van der Waals surface area contributed by atoms with Gasteiger partial charge in [-0.3, -0.25) is 14.5 Å². The number of hydrogen-bond donors (Lipinski definition) is 2. The molecule has 2 N–H and O–H groups in total. The SMILES string of the molecule is CCN1C(=O)C[C@@H](C(=O)Nc2ccc(C(=O)O)cc2)SC1=Nc1cccc(Cl)c1. The average molecular weight is 432 g/mol. The Bertz CT molecular complexity index is 978. The van der Waals surface area contributed by atoms with Gasteiger partial charge < -0.3 is 10.4 Å². The number of halogens is 1. The van der Waals surface area contributed by atoms with E-state index >= 15 is 0 Å². The quantitative estimate of drug-likeness (QED) is 0.744. The van der Waals surface area contributed by atoms with Crippen LogP contribution in [0, 0.1) is 0 Å². The summed E-state index contributed by atoms with van der Waals surface area (Å²) in [5.74, 6) is -1.58. The number of rotatable bonds is 5. The first-order valence-electron chi connectivity index (χ1n) is 8.83. The normalized spacial score (nSPS) is 18.0. The van der Waals surface area contributed by atoms with Crippen molar-refractivity contribution in [3.05, 3.63) is 59.1 Å². The average Bonchev–Trinajstić information content (AvgIpc) is 2.68. The van der Waals surface area contributed by atoms with Crippen molar-refractivity contribution >= 4 is 57.7 Å². The molecule has 29 heavy (non-hydrogen) atoms. The maximum absolute atomic E-state index is 12.7. The molecule has 1 fully saturated rings. The molecule has 2 aromatic rings. The first kappa shape index (κ1) is 20.9. The van der Waals surface area contributed by atoms with Crippen LogP contribution in [-0.4, -0.2) is 44.8 Å². The van der Waals surface area contributed by atoms with Crippen LogP contribution < -0.4 is 5.32 Å². The van der Waals surface area contributed by atoms with Gasteiger partial charge in [0.25, 0.3) is 0 Å². The zero-order valence-electron chi connectivity index (χ0n) is 15.5. The second kappa shape index (κ2) is 9.11.